The fourth-order valence-electron chi connectivity index (χ4n) is 2.54. The fourth-order valence-corrected chi connectivity index (χ4v) is 3.74. The summed E-state index contributed by atoms with van der Waals surface area (Å²) in [5, 5.41) is 5.72. The summed E-state index contributed by atoms with van der Waals surface area (Å²) >= 11 is 5.89. The van der Waals surface area contributed by atoms with E-state index >= 15 is 0 Å². The number of benzene rings is 2. The minimum absolute atomic E-state index is 0.000476. The number of sulfonamides is 1. The summed E-state index contributed by atoms with van der Waals surface area (Å²) in [6.07, 6.45) is 0.132. The lowest BCUT2D eigenvalue weighted by atomic mass is 10.2. The van der Waals surface area contributed by atoms with Gasteiger partial charge in [0, 0.05) is 16.4 Å². The summed E-state index contributed by atoms with van der Waals surface area (Å²) in [7, 11) is -3.88. The van der Waals surface area contributed by atoms with Gasteiger partial charge in [0.15, 0.2) is 0 Å². The molecule has 2 aromatic rings. The average Bonchev–Trinajstić information content (AvgIpc) is 2.95. The van der Waals surface area contributed by atoms with E-state index in [1.165, 1.54) is 18.2 Å². The van der Waals surface area contributed by atoms with Gasteiger partial charge >= 0.3 is 0 Å². The number of hydrogen-bond acceptors (Lipinski definition) is 4. The van der Waals surface area contributed by atoms with Gasteiger partial charge in [0.25, 0.3) is 0 Å². The second-order valence-corrected chi connectivity index (χ2v) is 8.08. The molecule has 0 radical (unpaired) electrons. The number of nitrogens with one attached hydrogen (secondary N) is 3. The third-order valence-corrected chi connectivity index (χ3v) is 5.54. The van der Waals surface area contributed by atoms with Crippen molar-refractivity contribution >= 4 is 44.8 Å². The molecule has 0 aliphatic carbocycles. The lowest BCUT2D eigenvalue weighted by molar-refractivity contribution is -0.115. The maximum Gasteiger partial charge on any atom is 0.241 e. The molecule has 0 spiro atoms. The molecule has 136 valence electrons. The molecule has 1 aliphatic rings. The zero-order valence-corrected chi connectivity index (χ0v) is 15.4. The van der Waals surface area contributed by atoms with Crippen LogP contribution in [0.3, 0.4) is 0 Å². The van der Waals surface area contributed by atoms with Crippen molar-refractivity contribution in [3.8, 4) is 0 Å². The number of carbonyl (C=O) groups is 2. The number of carbonyl (C=O) groups excluding carboxylic acids is 2. The number of anilines is 2. The van der Waals surface area contributed by atoms with Gasteiger partial charge in [-0.15, -0.1) is 0 Å². The number of hydrogen-bond donors (Lipinski definition) is 3. The highest BCUT2D eigenvalue weighted by Gasteiger charge is 2.22. The van der Waals surface area contributed by atoms with Crippen LogP contribution >= 0.6 is 11.6 Å². The SMILES string of the molecule is Cc1ccc(Cl)cc1NC(=O)CNS(=O)(=O)c1ccc2c(c1)CC(=O)N2. The Balaban J connectivity index is 1.67. The van der Waals surface area contributed by atoms with E-state index in [0.29, 0.717) is 22.0 Å². The van der Waals surface area contributed by atoms with Crippen LogP contribution in [0, 0.1) is 6.92 Å². The topological polar surface area (TPSA) is 104 Å². The first-order valence-electron chi connectivity index (χ1n) is 7.73. The predicted molar refractivity (Wildman–Crippen MR) is 98.8 cm³/mol. The number of rotatable bonds is 5. The fraction of sp³-hybridized carbons (Fsp3) is 0.176. The zero-order valence-electron chi connectivity index (χ0n) is 13.8. The third kappa shape index (κ3) is 4.04. The van der Waals surface area contributed by atoms with E-state index in [4.69, 9.17) is 11.6 Å². The molecule has 1 heterocycles. The summed E-state index contributed by atoms with van der Waals surface area (Å²) in [5.74, 6) is -0.698. The maximum atomic E-state index is 12.4. The Labute approximate surface area is 155 Å². The molecule has 1 aliphatic heterocycles. The van der Waals surface area contributed by atoms with Crippen LogP contribution in [0.15, 0.2) is 41.3 Å². The van der Waals surface area contributed by atoms with E-state index in [1.807, 2.05) is 0 Å². The summed E-state index contributed by atoms with van der Waals surface area (Å²) in [6.45, 7) is 1.37. The van der Waals surface area contributed by atoms with E-state index in [9.17, 15) is 18.0 Å². The number of aryl methyl sites for hydroxylation is 1. The smallest absolute Gasteiger partial charge is 0.241 e. The van der Waals surface area contributed by atoms with Gasteiger partial charge in [0.05, 0.1) is 17.9 Å². The Morgan fingerprint density at radius 2 is 2.00 bits per heavy atom. The standard InChI is InChI=1S/C17H16ClN3O4S/c1-10-2-3-12(18)8-15(10)21-17(23)9-19-26(24,25)13-4-5-14-11(6-13)7-16(22)20-14/h2-6,8,19H,7,9H2,1H3,(H,20,22)(H,21,23). The summed E-state index contributed by atoms with van der Waals surface area (Å²) in [5.41, 5.74) is 2.53. The van der Waals surface area contributed by atoms with Gasteiger partial charge in [-0.05, 0) is 48.4 Å². The molecule has 0 fully saturated rings. The second kappa shape index (κ2) is 7.06. The second-order valence-electron chi connectivity index (χ2n) is 5.88. The van der Waals surface area contributed by atoms with Crippen LogP contribution in [-0.2, 0) is 26.0 Å². The molecule has 0 saturated carbocycles. The van der Waals surface area contributed by atoms with Crippen LogP contribution in [0.5, 0.6) is 0 Å². The maximum absolute atomic E-state index is 12.4. The molecule has 2 aromatic carbocycles. The van der Waals surface area contributed by atoms with Gasteiger partial charge in [-0.3, -0.25) is 9.59 Å². The molecule has 26 heavy (non-hydrogen) atoms. The van der Waals surface area contributed by atoms with E-state index in [-0.39, 0.29) is 17.2 Å². The van der Waals surface area contributed by atoms with E-state index in [0.717, 1.165) is 5.56 Å². The van der Waals surface area contributed by atoms with E-state index in [1.54, 1.807) is 25.1 Å². The summed E-state index contributed by atoms with van der Waals surface area (Å²) in [6, 6.07) is 9.38. The van der Waals surface area contributed by atoms with E-state index < -0.39 is 22.5 Å². The van der Waals surface area contributed by atoms with Crippen molar-refractivity contribution in [2.75, 3.05) is 17.2 Å². The van der Waals surface area contributed by atoms with Crippen molar-refractivity contribution in [1.29, 1.82) is 0 Å². The number of halogens is 1. The van der Waals surface area contributed by atoms with E-state index in [2.05, 4.69) is 15.4 Å². The molecule has 2 amide bonds. The number of amides is 2. The molecule has 7 nitrogen and oxygen atoms in total. The minimum Gasteiger partial charge on any atom is -0.326 e. The van der Waals surface area contributed by atoms with Gasteiger partial charge in [-0.25, -0.2) is 13.1 Å². The molecule has 0 bridgehead atoms. The first kappa shape index (κ1) is 18.4. The van der Waals surface area contributed by atoms with Crippen LogP contribution in [0.25, 0.3) is 0 Å². The summed E-state index contributed by atoms with van der Waals surface area (Å²) in [4.78, 5) is 23.4. The molecular weight excluding hydrogens is 378 g/mol. The molecule has 0 aromatic heterocycles. The minimum atomic E-state index is -3.88. The lowest BCUT2D eigenvalue weighted by Gasteiger charge is -2.10. The normalized spacial score (nSPS) is 13.2. The highest BCUT2D eigenvalue weighted by atomic mass is 35.5. The Hall–Kier alpha value is -2.42. The lowest BCUT2D eigenvalue weighted by Crippen LogP contribution is -2.33. The van der Waals surface area contributed by atoms with Crippen molar-refractivity contribution < 1.29 is 18.0 Å². The van der Waals surface area contributed by atoms with Crippen LogP contribution < -0.4 is 15.4 Å². The molecule has 3 rings (SSSR count). The Bertz CT molecular complexity index is 1010. The highest BCUT2D eigenvalue weighted by Crippen LogP contribution is 2.25. The van der Waals surface area contributed by atoms with Crippen molar-refractivity contribution in [3.05, 3.63) is 52.5 Å². The van der Waals surface area contributed by atoms with Crippen LogP contribution in [0.2, 0.25) is 5.02 Å². The highest BCUT2D eigenvalue weighted by molar-refractivity contribution is 7.89. The predicted octanol–water partition coefficient (Wildman–Crippen LogP) is 2.06. The largest absolute Gasteiger partial charge is 0.326 e. The first-order chi connectivity index (χ1) is 12.2. The van der Waals surface area contributed by atoms with Crippen LogP contribution in [-0.4, -0.2) is 26.8 Å². The molecule has 9 heteroatoms. The zero-order chi connectivity index (χ0) is 18.9. The van der Waals surface area contributed by atoms with Gasteiger partial charge in [-0.2, -0.15) is 0 Å². The summed E-state index contributed by atoms with van der Waals surface area (Å²) < 4.78 is 27.0. The Morgan fingerprint density at radius 3 is 2.77 bits per heavy atom. The Kier molecular flexibility index (Phi) is 4.99. The quantitative estimate of drug-likeness (QED) is 0.723. The van der Waals surface area contributed by atoms with Gasteiger partial charge in [0.1, 0.15) is 0 Å². The first-order valence-corrected chi connectivity index (χ1v) is 9.59. The molecule has 0 atom stereocenters. The van der Waals surface area contributed by atoms with Crippen molar-refractivity contribution in [1.82, 2.24) is 4.72 Å². The van der Waals surface area contributed by atoms with Crippen molar-refractivity contribution in [3.63, 3.8) is 0 Å². The van der Waals surface area contributed by atoms with Gasteiger partial charge < -0.3 is 10.6 Å². The third-order valence-electron chi connectivity index (χ3n) is 3.91. The van der Waals surface area contributed by atoms with Gasteiger partial charge in [-0.1, -0.05) is 17.7 Å². The molecule has 0 unspecified atom stereocenters. The Morgan fingerprint density at radius 1 is 1.23 bits per heavy atom. The van der Waals surface area contributed by atoms with Gasteiger partial charge in [0.2, 0.25) is 21.8 Å². The van der Waals surface area contributed by atoms with Crippen molar-refractivity contribution in [2.24, 2.45) is 0 Å². The van der Waals surface area contributed by atoms with Crippen molar-refractivity contribution in [2.45, 2.75) is 18.2 Å². The van der Waals surface area contributed by atoms with Crippen LogP contribution in [0.4, 0.5) is 11.4 Å². The molecule has 0 saturated heterocycles. The molecular formula is C17H16ClN3O4S. The average molecular weight is 394 g/mol. The van der Waals surface area contributed by atoms with Crippen LogP contribution in [0.1, 0.15) is 11.1 Å². The number of fused-ring (bicyclic) bond motifs is 1. The monoisotopic (exact) mass is 393 g/mol. The molecule has 3 N–H and O–H groups in total.